The van der Waals surface area contributed by atoms with E-state index in [0.29, 0.717) is 23.8 Å². The van der Waals surface area contributed by atoms with Crippen LogP contribution in [-0.2, 0) is 0 Å². The zero-order valence-corrected chi connectivity index (χ0v) is 15.0. The van der Waals surface area contributed by atoms with E-state index < -0.39 is 0 Å². The van der Waals surface area contributed by atoms with Gasteiger partial charge < -0.3 is 5.32 Å². The predicted molar refractivity (Wildman–Crippen MR) is 91.5 cm³/mol. The first kappa shape index (κ1) is 16.5. The Kier molecular flexibility index (Phi) is 5.48. The maximum Gasteiger partial charge on any atom is 0.252 e. The second kappa shape index (κ2) is 6.95. The van der Waals surface area contributed by atoms with Gasteiger partial charge in [-0.2, -0.15) is 0 Å². The van der Waals surface area contributed by atoms with E-state index in [4.69, 9.17) is 0 Å². The lowest BCUT2D eigenvalue weighted by Crippen LogP contribution is -2.45. The molecule has 2 rings (SSSR count). The smallest absolute Gasteiger partial charge is 0.252 e. The molecular formula is C18H26BrNO. The van der Waals surface area contributed by atoms with Gasteiger partial charge in [-0.15, -0.1) is 0 Å². The SMILES string of the molecule is Cc1cccc(C(=O)NC2CC(C)CCC2C(C)C)c1Br. The van der Waals surface area contributed by atoms with Crippen LogP contribution >= 0.6 is 15.9 Å². The predicted octanol–water partition coefficient (Wildman–Crippen LogP) is 4.95. The van der Waals surface area contributed by atoms with Gasteiger partial charge in [0.15, 0.2) is 0 Å². The summed E-state index contributed by atoms with van der Waals surface area (Å²) in [5.74, 6) is 1.96. The summed E-state index contributed by atoms with van der Waals surface area (Å²) < 4.78 is 0.910. The first-order valence-electron chi connectivity index (χ1n) is 7.96. The van der Waals surface area contributed by atoms with E-state index in [1.807, 2.05) is 25.1 Å². The zero-order chi connectivity index (χ0) is 15.6. The van der Waals surface area contributed by atoms with Crippen molar-refractivity contribution in [2.75, 3.05) is 0 Å². The summed E-state index contributed by atoms with van der Waals surface area (Å²) in [6.45, 7) is 8.84. The van der Waals surface area contributed by atoms with Crippen LogP contribution < -0.4 is 5.32 Å². The number of benzene rings is 1. The van der Waals surface area contributed by atoms with E-state index in [-0.39, 0.29) is 5.91 Å². The maximum absolute atomic E-state index is 12.6. The molecule has 1 fully saturated rings. The summed E-state index contributed by atoms with van der Waals surface area (Å²) in [4.78, 5) is 12.6. The third kappa shape index (κ3) is 3.88. The standard InChI is InChI=1S/C18H26BrNO/c1-11(2)14-9-8-12(3)10-16(14)20-18(21)15-7-5-6-13(4)17(15)19/h5-7,11-12,14,16H,8-10H2,1-4H3,(H,20,21). The molecule has 1 saturated carbocycles. The van der Waals surface area contributed by atoms with Gasteiger partial charge in [0.2, 0.25) is 0 Å². The van der Waals surface area contributed by atoms with Gasteiger partial charge >= 0.3 is 0 Å². The second-order valence-electron chi connectivity index (χ2n) is 6.84. The minimum Gasteiger partial charge on any atom is -0.349 e. The van der Waals surface area contributed by atoms with Gasteiger partial charge in [0.05, 0.1) is 5.56 Å². The van der Waals surface area contributed by atoms with Crippen molar-refractivity contribution in [3.8, 4) is 0 Å². The zero-order valence-electron chi connectivity index (χ0n) is 13.4. The molecule has 1 aliphatic rings. The van der Waals surface area contributed by atoms with E-state index in [9.17, 15) is 4.79 Å². The van der Waals surface area contributed by atoms with Gasteiger partial charge in [0.1, 0.15) is 0 Å². The van der Waals surface area contributed by atoms with Gasteiger partial charge in [-0.3, -0.25) is 4.79 Å². The molecule has 1 N–H and O–H groups in total. The topological polar surface area (TPSA) is 29.1 Å². The number of rotatable bonds is 3. The van der Waals surface area contributed by atoms with Crippen molar-refractivity contribution in [1.82, 2.24) is 5.32 Å². The Morgan fingerprint density at radius 1 is 1.33 bits per heavy atom. The fourth-order valence-electron chi connectivity index (χ4n) is 3.44. The Bertz CT molecular complexity index is 512. The molecule has 0 aromatic heterocycles. The Labute approximate surface area is 136 Å². The van der Waals surface area contributed by atoms with E-state index >= 15 is 0 Å². The van der Waals surface area contributed by atoms with Gasteiger partial charge in [0.25, 0.3) is 5.91 Å². The summed E-state index contributed by atoms with van der Waals surface area (Å²) >= 11 is 3.54. The monoisotopic (exact) mass is 351 g/mol. The van der Waals surface area contributed by atoms with E-state index in [1.54, 1.807) is 0 Å². The number of halogens is 1. The summed E-state index contributed by atoms with van der Waals surface area (Å²) in [5.41, 5.74) is 1.84. The van der Waals surface area contributed by atoms with E-state index in [2.05, 4.69) is 42.0 Å². The normalized spacial score (nSPS) is 25.9. The minimum atomic E-state index is 0.0512. The van der Waals surface area contributed by atoms with Crippen LogP contribution in [0.3, 0.4) is 0 Å². The second-order valence-corrected chi connectivity index (χ2v) is 7.64. The molecule has 0 spiro atoms. The molecule has 3 heteroatoms. The molecule has 1 amide bonds. The molecule has 1 aromatic carbocycles. The van der Waals surface area contributed by atoms with Crippen molar-refractivity contribution in [3.05, 3.63) is 33.8 Å². The number of amides is 1. The Balaban J connectivity index is 2.14. The number of carbonyl (C=O) groups is 1. The first-order valence-corrected chi connectivity index (χ1v) is 8.75. The van der Waals surface area contributed by atoms with Crippen LogP contribution in [-0.4, -0.2) is 11.9 Å². The van der Waals surface area contributed by atoms with Crippen molar-refractivity contribution in [2.24, 2.45) is 17.8 Å². The van der Waals surface area contributed by atoms with E-state index in [1.165, 1.54) is 12.8 Å². The van der Waals surface area contributed by atoms with Crippen molar-refractivity contribution in [2.45, 2.75) is 53.0 Å². The van der Waals surface area contributed by atoms with Crippen LogP contribution in [0.2, 0.25) is 0 Å². The highest BCUT2D eigenvalue weighted by Crippen LogP contribution is 2.34. The van der Waals surface area contributed by atoms with Crippen molar-refractivity contribution >= 4 is 21.8 Å². The number of hydrogen-bond donors (Lipinski definition) is 1. The number of aryl methyl sites for hydroxylation is 1. The third-order valence-corrected chi connectivity index (χ3v) is 5.83. The Hall–Kier alpha value is -0.830. The quantitative estimate of drug-likeness (QED) is 0.820. The molecular weight excluding hydrogens is 326 g/mol. The van der Waals surface area contributed by atoms with Crippen LogP contribution in [0.1, 0.15) is 56.0 Å². The molecule has 0 aliphatic heterocycles. The van der Waals surface area contributed by atoms with Crippen molar-refractivity contribution in [1.29, 1.82) is 0 Å². The average Bonchev–Trinajstić information content (AvgIpc) is 2.41. The van der Waals surface area contributed by atoms with Gasteiger partial charge in [-0.05, 0) is 65.1 Å². The van der Waals surface area contributed by atoms with Crippen LogP contribution in [0.25, 0.3) is 0 Å². The first-order chi connectivity index (χ1) is 9.90. The van der Waals surface area contributed by atoms with Crippen LogP contribution in [0, 0.1) is 24.7 Å². The molecule has 1 aromatic rings. The third-order valence-electron chi connectivity index (χ3n) is 4.78. The lowest BCUT2D eigenvalue weighted by molar-refractivity contribution is 0.0867. The van der Waals surface area contributed by atoms with Crippen LogP contribution in [0.4, 0.5) is 0 Å². The summed E-state index contributed by atoms with van der Waals surface area (Å²) in [6, 6.07) is 6.15. The van der Waals surface area contributed by atoms with Crippen molar-refractivity contribution < 1.29 is 4.79 Å². The maximum atomic E-state index is 12.6. The largest absolute Gasteiger partial charge is 0.349 e. The fraction of sp³-hybridized carbons (Fsp3) is 0.611. The molecule has 0 saturated heterocycles. The molecule has 0 radical (unpaired) electrons. The fourth-order valence-corrected chi connectivity index (χ4v) is 3.88. The minimum absolute atomic E-state index is 0.0512. The molecule has 2 nitrogen and oxygen atoms in total. The highest BCUT2D eigenvalue weighted by atomic mass is 79.9. The number of hydrogen-bond acceptors (Lipinski definition) is 1. The number of carbonyl (C=O) groups excluding carboxylic acids is 1. The molecule has 0 bridgehead atoms. The van der Waals surface area contributed by atoms with Gasteiger partial charge in [0, 0.05) is 10.5 Å². The lowest BCUT2D eigenvalue weighted by Gasteiger charge is -2.37. The molecule has 0 heterocycles. The van der Waals surface area contributed by atoms with Crippen molar-refractivity contribution in [3.63, 3.8) is 0 Å². The lowest BCUT2D eigenvalue weighted by atomic mass is 9.74. The Morgan fingerprint density at radius 2 is 2.05 bits per heavy atom. The molecule has 3 atom stereocenters. The van der Waals surface area contributed by atoms with E-state index in [0.717, 1.165) is 22.0 Å². The average molecular weight is 352 g/mol. The molecule has 3 unspecified atom stereocenters. The molecule has 1 aliphatic carbocycles. The highest BCUT2D eigenvalue weighted by Gasteiger charge is 2.32. The summed E-state index contributed by atoms with van der Waals surface area (Å²) in [6.07, 6.45) is 3.60. The van der Waals surface area contributed by atoms with Crippen LogP contribution in [0.5, 0.6) is 0 Å². The molecule has 116 valence electrons. The van der Waals surface area contributed by atoms with Gasteiger partial charge in [-0.1, -0.05) is 39.3 Å². The molecule has 21 heavy (non-hydrogen) atoms. The Morgan fingerprint density at radius 3 is 2.71 bits per heavy atom. The summed E-state index contributed by atoms with van der Waals surface area (Å²) in [7, 11) is 0. The van der Waals surface area contributed by atoms with Crippen LogP contribution in [0.15, 0.2) is 22.7 Å². The van der Waals surface area contributed by atoms with Gasteiger partial charge in [-0.25, -0.2) is 0 Å². The highest BCUT2D eigenvalue weighted by molar-refractivity contribution is 9.10. The number of nitrogens with one attached hydrogen (secondary N) is 1. The summed E-state index contributed by atoms with van der Waals surface area (Å²) in [5, 5.41) is 3.30.